The summed E-state index contributed by atoms with van der Waals surface area (Å²) in [6, 6.07) is 4.32. The van der Waals surface area contributed by atoms with Crippen LogP contribution in [0.25, 0.3) is 0 Å². The molecule has 1 aromatic heterocycles. The molecule has 1 aliphatic heterocycles. The molecule has 0 amide bonds. The van der Waals surface area contributed by atoms with Gasteiger partial charge >= 0.3 is 0 Å². The number of nitrogens with zero attached hydrogens (tertiary/aromatic N) is 2. The van der Waals surface area contributed by atoms with Crippen LogP contribution in [0.2, 0.25) is 0 Å². The SMILES string of the molecule is CCOCC1CCN(C(=NC)NCC(C)c2cccs2)C1. The van der Waals surface area contributed by atoms with Crippen LogP contribution in [0.5, 0.6) is 0 Å². The van der Waals surface area contributed by atoms with Gasteiger partial charge in [-0.1, -0.05) is 13.0 Å². The van der Waals surface area contributed by atoms with E-state index in [1.54, 1.807) is 0 Å². The van der Waals surface area contributed by atoms with E-state index in [2.05, 4.69) is 46.6 Å². The minimum Gasteiger partial charge on any atom is -0.381 e. The lowest BCUT2D eigenvalue weighted by Gasteiger charge is -2.23. The molecule has 2 unspecified atom stereocenters. The highest BCUT2D eigenvalue weighted by molar-refractivity contribution is 7.10. The standard InChI is InChI=1S/C16H27N3OS/c1-4-20-12-14-7-8-19(11-14)16(17-3)18-10-13(2)15-6-5-9-21-15/h5-6,9,13-14H,4,7-8,10-12H2,1-3H3,(H,17,18). The molecule has 1 saturated heterocycles. The van der Waals surface area contributed by atoms with Gasteiger partial charge in [0.15, 0.2) is 5.96 Å². The molecular formula is C16H27N3OS. The van der Waals surface area contributed by atoms with E-state index in [9.17, 15) is 0 Å². The van der Waals surface area contributed by atoms with Gasteiger partial charge in [-0.05, 0) is 24.8 Å². The van der Waals surface area contributed by atoms with Crippen LogP contribution >= 0.6 is 11.3 Å². The number of hydrogen-bond donors (Lipinski definition) is 1. The minimum atomic E-state index is 0.517. The fraction of sp³-hybridized carbons (Fsp3) is 0.688. The Labute approximate surface area is 132 Å². The summed E-state index contributed by atoms with van der Waals surface area (Å²) in [5.74, 6) is 2.18. The molecule has 0 saturated carbocycles. The second-order valence-electron chi connectivity index (χ2n) is 5.60. The van der Waals surface area contributed by atoms with Gasteiger partial charge in [-0.3, -0.25) is 4.99 Å². The molecular weight excluding hydrogens is 282 g/mol. The van der Waals surface area contributed by atoms with Crippen molar-refractivity contribution >= 4 is 17.3 Å². The van der Waals surface area contributed by atoms with E-state index in [-0.39, 0.29) is 0 Å². The van der Waals surface area contributed by atoms with Gasteiger partial charge in [0, 0.05) is 50.0 Å². The van der Waals surface area contributed by atoms with E-state index >= 15 is 0 Å². The number of ether oxygens (including phenoxy) is 1. The summed E-state index contributed by atoms with van der Waals surface area (Å²) in [7, 11) is 1.87. The van der Waals surface area contributed by atoms with E-state index in [0.717, 1.165) is 38.8 Å². The van der Waals surface area contributed by atoms with Crippen molar-refractivity contribution in [1.29, 1.82) is 0 Å². The highest BCUT2D eigenvalue weighted by Gasteiger charge is 2.25. The third-order valence-electron chi connectivity index (χ3n) is 3.95. The third-order valence-corrected chi connectivity index (χ3v) is 5.05. The number of rotatable bonds is 6. The molecule has 0 spiro atoms. The number of likely N-dealkylation sites (tertiary alicyclic amines) is 1. The Morgan fingerprint density at radius 1 is 1.62 bits per heavy atom. The van der Waals surface area contributed by atoms with E-state index in [0.29, 0.717) is 11.8 Å². The molecule has 4 nitrogen and oxygen atoms in total. The third kappa shape index (κ3) is 4.71. The smallest absolute Gasteiger partial charge is 0.193 e. The van der Waals surface area contributed by atoms with Crippen molar-refractivity contribution in [3.8, 4) is 0 Å². The molecule has 0 bridgehead atoms. The molecule has 2 heterocycles. The summed E-state index contributed by atoms with van der Waals surface area (Å²) >= 11 is 1.82. The fourth-order valence-corrected chi connectivity index (χ4v) is 3.48. The Morgan fingerprint density at radius 2 is 2.48 bits per heavy atom. The van der Waals surface area contributed by atoms with Gasteiger partial charge in [0.1, 0.15) is 0 Å². The van der Waals surface area contributed by atoms with Crippen LogP contribution in [0.4, 0.5) is 0 Å². The molecule has 2 atom stereocenters. The molecule has 21 heavy (non-hydrogen) atoms. The summed E-state index contributed by atoms with van der Waals surface area (Å²) in [5.41, 5.74) is 0. The molecule has 118 valence electrons. The second kappa shape index (κ2) is 8.39. The first-order valence-electron chi connectivity index (χ1n) is 7.81. The second-order valence-corrected chi connectivity index (χ2v) is 6.58. The number of thiophene rings is 1. The first kappa shape index (κ1) is 16.3. The van der Waals surface area contributed by atoms with Crippen molar-refractivity contribution in [1.82, 2.24) is 10.2 Å². The van der Waals surface area contributed by atoms with Crippen LogP contribution < -0.4 is 5.32 Å². The summed E-state index contributed by atoms with van der Waals surface area (Å²) in [6.45, 7) is 9.04. The maximum Gasteiger partial charge on any atom is 0.193 e. The molecule has 0 aromatic carbocycles. The van der Waals surface area contributed by atoms with Crippen molar-refractivity contribution in [3.05, 3.63) is 22.4 Å². The maximum atomic E-state index is 5.54. The molecule has 1 aromatic rings. The van der Waals surface area contributed by atoms with Gasteiger partial charge in [-0.2, -0.15) is 0 Å². The summed E-state index contributed by atoms with van der Waals surface area (Å²) in [6.07, 6.45) is 1.20. The molecule has 2 rings (SSSR count). The topological polar surface area (TPSA) is 36.9 Å². The number of guanidine groups is 1. The van der Waals surface area contributed by atoms with Crippen LogP contribution in [-0.4, -0.2) is 50.8 Å². The van der Waals surface area contributed by atoms with Crippen molar-refractivity contribution in [2.24, 2.45) is 10.9 Å². The van der Waals surface area contributed by atoms with Crippen LogP contribution in [0.3, 0.4) is 0 Å². The van der Waals surface area contributed by atoms with E-state index in [4.69, 9.17) is 4.74 Å². The lowest BCUT2D eigenvalue weighted by molar-refractivity contribution is 0.114. The predicted octanol–water partition coefficient (Wildman–Crippen LogP) is 2.79. The van der Waals surface area contributed by atoms with Crippen molar-refractivity contribution in [2.75, 3.05) is 39.9 Å². The molecule has 0 radical (unpaired) electrons. The zero-order valence-electron chi connectivity index (χ0n) is 13.3. The summed E-state index contributed by atoms with van der Waals surface area (Å²) in [5, 5.41) is 5.66. The highest BCUT2D eigenvalue weighted by atomic mass is 32.1. The van der Waals surface area contributed by atoms with Crippen molar-refractivity contribution in [3.63, 3.8) is 0 Å². The Bertz CT molecular complexity index is 433. The van der Waals surface area contributed by atoms with Gasteiger partial charge in [0.2, 0.25) is 0 Å². The van der Waals surface area contributed by atoms with Gasteiger partial charge in [-0.25, -0.2) is 0 Å². The molecule has 5 heteroatoms. The van der Waals surface area contributed by atoms with Gasteiger partial charge < -0.3 is 15.0 Å². The quantitative estimate of drug-likeness (QED) is 0.648. The largest absolute Gasteiger partial charge is 0.381 e. The molecule has 1 aliphatic rings. The first-order chi connectivity index (χ1) is 10.2. The lowest BCUT2D eigenvalue weighted by Crippen LogP contribution is -2.41. The Kier molecular flexibility index (Phi) is 6.51. The van der Waals surface area contributed by atoms with E-state index in [1.807, 2.05) is 18.4 Å². The average molecular weight is 309 g/mol. The van der Waals surface area contributed by atoms with Crippen molar-refractivity contribution in [2.45, 2.75) is 26.2 Å². The summed E-state index contributed by atoms with van der Waals surface area (Å²) < 4.78 is 5.54. The minimum absolute atomic E-state index is 0.517. The normalized spacial score (nSPS) is 20.8. The zero-order valence-corrected chi connectivity index (χ0v) is 14.2. The van der Waals surface area contributed by atoms with Crippen LogP contribution in [0, 0.1) is 5.92 Å². The van der Waals surface area contributed by atoms with Gasteiger partial charge in [0.05, 0.1) is 6.61 Å². The first-order valence-corrected chi connectivity index (χ1v) is 8.69. The Balaban J connectivity index is 1.78. The van der Waals surface area contributed by atoms with Crippen LogP contribution in [0.15, 0.2) is 22.5 Å². The number of nitrogens with one attached hydrogen (secondary N) is 1. The monoisotopic (exact) mass is 309 g/mol. The predicted molar refractivity (Wildman–Crippen MR) is 90.3 cm³/mol. The average Bonchev–Trinajstić information content (AvgIpc) is 3.17. The number of aliphatic imine (C=N–C) groups is 1. The highest BCUT2D eigenvalue weighted by Crippen LogP contribution is 2.20. The van der Waals surface area contributed by atoms with E-state index in [1.165, 1.54) is 11.3 Å². The molecule has 1 fully saturated rings. The van der Waals surface area contributed by atoms with Crippen LogP contribution in [0.1, 0.15) is 31.1 Å². The van der Waals surface area contributed by atoms with Gasteiger partial charge in [-0.15, -0.1) is 11.3 Å². The van der Waals surface area contributed by atoms with Crippen molar-refractivity contribution < 1.29 is 4.74 Å². The molecule has 1 N–H and O–H groups in total. The van der Waals surface area contributed by atoms with Crippen LogP contribution in [-0.2, 0) is 4.74 Å². The molecule has 0 aliphatic carbocycles. The number of hydrogen-bond acceptors (Lipinski definition) is 3. The summed E-state index contributed by atoms with van der Waals surface area (Å²) in [4.78, 5) is 8.21. The maximum absolute atomic E-state index is 5.54. The van der Waals surface area contributed by atoms with Gasteiger partial charge in [0.25, 0.3) is 0 Å². The zero-order chi connectivity index (χ0) is 15.1. The lowest BCUT2D eigenvalue weighted by atomic mass is 10.1. The Hall–Kier alpha value is -1.07. The fourth-order valence-electron chi connectivity index (χ4n) is 2.69. The van der Waals surface area contributed by atoms with E-state index < -0.39 is 0 Å². The Morgan fingerprint density at radius 3 is 3.14 bits per heavy atom.